The van der Waals surface area contributed by atoms with Crippen LogP contribution in [0.25, 0.3) is 11.3 Å². The zero-order valence-electron chi connectivity index (χ0n) is 14.1. The number of nitrogens with zero attached hydrogens (tertiary/aromatic N) is 2. The summed E-state index contributed by atoms with van der Waals surface area (Å²) in [5.74, 6) is 0.271. The maximum atomic E-state index is 12.5. The average molecular weight is 322 g/mol. The van der Waals surface area contributed by atoms with Crippen LogP contribution in [0.15, 0.2) is 23.1 Å². The van der Waals surface area contributed by atoms with Crippen LogP contribution in [-0.2, 0) is 13.0 Å². The monoisotopic (exact) mass is 322 g/mol. The van der Waals surface area contributed by atoms with Crippen molar-refractivity contribution in [2.24, 2.45) is 0 Å². The Morgan fingerprint density at radius 1 is 1.38 bits per heavy atom. The lowest BCUT2D eigenvalue weighted by molar-refractivity contribution is 0.496. The van der Waals surface area contributed by atoms with Crippen LogP contribution < -0.4 is 10.9 Å². The zero-order chi connectivity index (χ0) is 17.1. The van der Waals surface area contributed by atoms with E-state index in [0.29, 0.717) is 17.8 Å². The van der Waals surface area contributed by atoms with Gasteiger partial charge < -0.3 is 10.3 Å². The fourth-order valence-electron chi connectivity index (χ4n) is 3.43. The van der Waals surface area contributed by atoms with E-state index in [4.69, 9.17) is 0 Å². The topological polar surface area (TPSA) is 81.6 Å². The summed E-state index contributed by atoms with van der Waals surface area (Å²) in [7, 11) is 0. The number of hydrogen-bond acceptors (Lipinski definition) is 4. The lowest BCUT2D eigenvalue weighted by Crippen LogP contribution is -2.33. The molecule has 124 valence electrons. The first-order chi connectivity index (χ1) is 11.7. The molecule has 2 aromatic rings. The van der Waals surface area contributed by atoms with Crippen molar-refractivity contribution >= 4 is 0 Å². The maximum Gasteiger partial charge on any atom is 0.266 e. The quantitative estimate of drug-likeness (QED) is 0.907. The van der Waals surface area contributed by atoms with E-state index in [2.05, 4.69) is 35.2 Å². The molecule has 1 aliphatic heterocycles. The Balaban J connectivity index is 2.23. The molecule has 2 N–H and O–H groups in total. The standard InChI is InChI=1S/C19H22N4O/c1-3-5-13-10-21-11-15-17(14(8-20)19(24)23-18(13)15)16-7-6-12(4-2)9-22-16/h6-7,9,13,21H,3-5,10-11H2,1-2H3,(H,23,24). The lowest BCUT2D eigenvalue weighted by Gasteiger charge is -2.28. The minimum atomic E-state index is -0.310. The molecule has 0 spiro atoms. The van der Waals surface area contributed by atoms with Crippen molar-refractivity contribution in [2.75, 3.05) is 6.54 Å². The highest BCUT2D eigenvalue weighted by Gasteiger charge is 2.27. The van der Waals surface area contributed by atoms with Gasteiger partial charge in [0.1, 0.15) is 11.6 Å². The van der Waals surface area contributed by atoms with E-state index in [1.807, 2.05) is 18.3 Å². The maximum absolute atomic E-state index is 12.5. The predicted octanol–water partition coefficient (Wildman–Crippen LogP) is 2.86. The van der Waals surface area contributed by atoms with Crippen molar-refractivity contribution in [1.29, 1.82) is 5.26 Å². The number of H-pyrrole nitrogens is 1. The third-order valence-corrected chi connectivity index (χ3v) is 4.69. The largest absolute Gasteiger partial charge is 0.324 e. The SMILES string of the molecule is CCCC1CNCc2c1[nH]c(=O)c(C#N)c2-c1ccc(CC)cn1. The number of aromatic amines is 1. The number of aromatic nitrogens is 2. The lowest BCUT2D eigenvalue weighted by atomic mass is 9.87. The van der Waals surface area contributed by atoms with Crippen LogP contribution in [-0.4, -0.2) is 16.5 Å². The summed E-state index contributed by atoms with van der Waals surface area (Å²) < 4.78 is 0. The van der Waals surface area contributed by atoms with Crippen molar-refractivity contribution in [3.8, 4) is 17.3 Å². The van der Waals surface area contributed by atoms with E-state index < -0.39 is 0 Å². The minimum Gasteiger partial charge on any atom is -0.324 e. The summed E-state index contributed by atoms with van der Waals surface area (Å²) in [6.07, 6.45) is 4.78. The van der Waals surface area contributed by atoms with Gasteiger partial charge in [0.15, 0.2) is 0 Å². The van der Waals surface area contributed by atoms with Crippen LogP contribution >= 0.6 is 0 Å². The second-order valence-electron chi connectivity index (χ2n) is 6.23. The number of hydrogen-bond donors (Lipinski definition) is 2. The van der Waals surface area contributed by atoms with Gasteiger partial charge in [0.2, 0.25) is 0 Å². The van der Waals surface area contributed by atoms with Crippen molar-refractivity contribution in [3.63, 3.8) is 0 Å². The van der Waals surface area contributed by atoms with Gasteiger partial charge in [-0.2, -0.15) is 5.26 Å². The van der Waals surface area contributed by atoms with Gasteiger partial charge in [-0.15, -0.1) is 0 Å². The first-order valence-electron chi connectivity index (χ1n) is 8.54. The molecule has 0 aromatic carbocycles. The Labute approximate surface area is 141 Å². The number of aryl methyl sites for hydroxylation is 1. The molecule has 0 saturated heterocycles. The van der Waals surface area contributed by atoms with E-state index >= 15 is 0 Å². The minimum absolute atomic E-state index is 0.157. The molecule has 2 aromatic heterocycles. The van der Waals surface area contributed by atoms with Gasteiger partial charge in [-0.3, -0.25) is 9.78 Å². The molecule has 1 aliphatic rings. The molecule has 3 heterocycles. The molecule has 0 fully saturated rings. The molecule has 0 aliphatic carbocycles. The van der Waals surface area contributed by atoms with Gasteiger partial charge in [0, 0.05) is 36.5 Å². The summed E-state index contributed by atoms with van der Waals surface area (Å²) >= 11 is 0. The third-order valence-electron chi connectivity index (χ3n) is 4.69. The van der Waals surface area contributed by atoms with Crippen LogP contribution in [0.5, 0.6) is 0 Å². The number of nitriles is 1. The third kappa shape index (κ3) is 2.85. The summed E-state index contributed by atoms with van der Waals surface area (Å²) in [4.78, 5) is 19.9. The second-order valence-corrected chi connectivity index (χ2v) is 6.23. The molecule has 0 bridgehead atoms. The summed E-state index contributed by atoms with van der Waals surface area (Å²) in [6.45, 7) is 5.71. The average Bonchev–Trinajstić information content (AvgIpc) is 2.61. The highest BCUT2D eigenvalue weighted by atomic mass is 16.1. The zero-order valence-corrected chi connectivity index (χ0v) is 14.1. The van der Waals surface area contributed by atoms with Gasteiger partial charge in [0.25, 0.3) is 5.56 Å². The molecular weight excluding hydrogens is 300 g/mol. The van der Waals surface area contributed by atoms with Crippen molar-refractivity contribution in [2.45, 2.75) is 45.6 Å². The highest BCUT2D eigenvalue weighted by Crippen LogP contribution is 2.33. The first kappa shape index (κ1) is 16.4. The Hall–Kier alpha value is -2.45. The Morgan fingerprint density at radius 2 is 2.21 bits per heavy atom. The second kappa shape index (κ2) is 6.98. The van der Waals surface area contributed by atoms with Gasteiger partial charge in [-0.1, -0.05) is 26.3 Å². The highest BCUT2D eigenvalue weighted by molar-refractivity contribution is 5.72. The molecule has 0 saturated carbocycles. The number of rotatable bonds is 4. The van der Waals surface area contributed by atoms with Crippen molar-refractivity contribution in [3.05, 3.63) is 51.1 Å². The van der Waals surface area contributed by atoms with Gasteiger partial charge in [-0.25, -0.2) is 0 Å². The van der Waals surface area contributed by atoms with Gasteiger partial charge in [-0.05, 0) is 30.0 Å². The molecule has 0 amide bonds. The normalized spacial score (nSPS) is 16.5. The number of pyridine rings is 2. The molecule has 3 rings (SSSR count). The first-order valence-corrected chi connectivity index (χ1v) is 8.54. The van der Waals surface area contributed by atoms with E-state index in [-0.39, 0.29) is 17.0 Å². The Bertz CT molecular complexity index is 830. The summed E-state index contributed by atoms with van der Waals surface area (Å²) in [6, 6.07) is 6.00. The number of fused-ring (bicyclic) bond motifs is 1. The van der Waals surface area contributed by atoms with Crippen LogP contribution in [0.1, 0.15) is 55.0 Å². The van der Waals surface area contributed by atoms with Crippen LogP contribution in [0.2, 0.25) is 0 Å². The summed E-state index contributed by atoms with van der Waals surface area (Å²) in [5.41, 5.74) is 4.35. The van der Waals surface area contributed by atoms with Crippen molar-refractivity contribution < 1.29 is 0 Å². The molecule has 5 nitrogen and oxygen atoms in total. The number of nitrogens with one attached hydrogen (secondary N) is 2. The van der Waals surface area contributed by atoms with Gasteiger partial charge in [0.05, 0.1) is 5.69 Å². The predicted molar refractivity (Wildman–Crippen MR) is 93.7 cm³/mol. The molecule has 1 atom stereocenters. The molecule has 0 radical (unpaired) electrons. The van der Waals surface area contributed by atoms with Crippen LogP contribution in [0, 0.1) is 11.3 Å². The fraction of sp³-hybridized carbons (Fsp3) is 0.421. The van der Waals surface area contributed by atoms with E-state index in [1.165, 1.54) is 0 Å². The van der Waals surface area contributed by atoms with E-state index in [0.717, 1.165) is 42.6 Å². The molecule has 24 heavy (non-hydrogen) atoms. The Kier molecular flexibility index (Phi) is 4.77. The van der Waals surface area contributed by atoms with E-state index in [1.54, 1.807) is 0 Å². The van der Waals surface area contributed by atoms with Gasteiger partial charge >= 0.3 is 0 Å². The van der Waals surface area contributed by atoms with Crippen molar-refractivity contribution in [1.82, 2.24) is 15.3 Å². The molecule has 1 unspecified atom stereocenters. The molecular formula is C19H22N4O. The van der Waals surface area contributed by atoms with Crippen LogP contribution in [0.4, 0.5) is 0 Å². The van der Waals surface area contributed by atoms with Crippen LogP contribution in [0.3, 0.4) is 0 Å². The fourth-order valence-corrected chi connectivity index (χ4v) is 3.43. The smallest absolute Gasteiger partial charge is 0.266 e. The Morgan fingerprint density at radius 3 is 2.83 bits per heavy atom. The van der Waals surface area contributed by atoms with E-state index in [9.17, 15) is 10.1 Å². The molecule has 5 heteroatoms. The summed E-state index contributed by atoms with van der Waals surface area (Å²) in [5, 5.41) is 12.9.